The zero-order chi connectivity index (χ0) is 12.4. The van der Waals surface area contributed by atoms with Gasteiger partial charge in [0.15, 0.2) is 5.78 Å². The Bertz CT molecular complexity index is 441. The van der Waals surface area contributed by atoms with E-state index >= 15 is 0 Å². The van der Waals surface area contributed by atoms with Gasteiger partial charge in [-0.3, -0.25) is 4.79 Å². The molecule has 0 unspecified atom stereocenters. The molecule has 1 saturated carbocycles. The first-order valence-corrected chi connectivity index (χ1v) is 7.48. The number of hydrogen-bond acceptors (Lipinski definition) is 1. The average molecular weight is 242 g/mol. The molecule has 1 heteroatoms. The second-order valence-electron chi connectivity index (χ2n) is 5.95. The number of Topliss-reactive ketones (excluding diaryl/α,β-unsaturated/α-hetero) is 1. The molecule has 0 atom stereocenters. The molecule has 0 heterocycles. The van der Waals surface area contributed by atoms with Crippen LogP contribution in [0.15, 0.2) is 18.2 Å². The molecule has 3 rings (SSSR count). The first-order chi connectivity index (χ1) is 8.83. The van der Waals surface area contributed by atoms with Crippen molar-refractivity contribution in [3.8, 4) is 0 Å². The highest BCUT2D eigenvalue weighted by Gasteiger charge is 2.18. The zero-order valence-corrected chi connectivity index (χ0v) is 11.1. The van der Waals surface area contributed by atoms with Gasteiger partial charge in [0.1, 0.15) is 0 Å². The van der Waals surface area contributed by atoms with Gasteiger partial charge in [-0.05, 0) is 48.8 Å². The summed E-state index contributed by atoms with van der Waals surface area (Å²) in [6.07, 6.45) is 10.9. The molecule has 0 aromatic heterocycles. The fourth-order valence-electron chi connectivity index (χ4n) is 3.52. The van der Waals surface area contributed by atoms with Crippen molar-refractivity contribution in [3.05, 3.63) is 34.9 Å². The lowest BCUT2D eigenvalue weighted by atomic mass is 9.96. The Hall–Kier alpha value is -1.11. The van der Waals surface area contributed by atoms with Crippen LogP contribution in [0.4, 0.5) is 0 Å². The average Bonchev–Trinajstić information content (AvgIpc) is 3.05. The number of carbonyl (C=O) groups is 1. The maximum Gasteiger partial charge on any atom is 0.162 e. The molecule has 1 aromatic rings. The lowest BCUT2D eigenvalue weighted by Crippen LogP contribution is -2.03. The summed E-state index contributed by atoms with van der Waals surface area (Å²) in [5.74, 6) is 1.18. The Kier molecular flexibility index (Phi) is 3.49. The van der Waals surface area contributed by atoms with Crippen LogP contribution in [-0.2, 0) is 12.8 Å². The summed E-state index contributed by atoms with van der Waals surface area (Å²) >= 11 is 0. The van der Waals surface area contributed by atoms with E-state index in [1.54, 1.807) is 0 Å². The van der Waals surface area contributed by atoms with Gasteiger partial charge in [-0.15, -0.1) is 0 Å². The van der Waals surface area contributed by atoms with Gasteiger partial charge in [-0.25, -0.2) is 0 Å². The molecule has 18 heavy (non-hydrogen) atoms. The van der Waals surface area contributed by atoms with E-state index in [9.17, 15) is 4.79 Å². The molecule has 0 radical (unpaired) electrons. The minimum absolute atomic E-state index is 0.358. The molecule has 1 aromatic carbocycles. The molecular weight excluding hydrogens is 220 g/mol. The van der Waals surface area contributed by atoms with Gasteiger partial charge < -0.3 is 0 Å². The maximum absolute atomic E-state index is 12.2. The lowest BCUT2D eigenvalue weighted by molar-refractivity contribution is 0.0974. The third kappa shape index (κ3) is 2.50. The molecule has 2 aliphatic rings. The quantitative estimate of drug-likeness (QED) is 0.718. The Labute approximate surface area is 110 Å². The van der Waals surface area contributed by atoms with Crippen molar-refractivity contribution in [3.63, 3.8) is 0 Å². The molecule has 2 aliphatic carbocycles. The smallest absolute Gasteiger partial charge is 0.162 e. The number of ketones is 1. The molecule has 0 N–H and O–H groups in total. The first kappa shape index (κ1) is 12.0. The molecule has 0 amide bonds. The SMILES string of the molecule is O=C(CCC1CCCC1)c1ccc2c(c1)CCC2. The van der Waals surface area contributed by atoms with Gasteiger partial charge in [0.2, 0.25) is 0 Å². The number of rotatable bonds is 4. The lowest BCUT2D eigenvalue weighted by Gasteiger charge is -2.08. The van der Waals surface area contributed by atoms with Crippen LogP contribution >= 0.6 is 0 Å². The van der Waals surface area contributed by atoms with Crippen LogP contribution in [0.2, 0.25) is 0 Å². The second kappa shape index (κ2) is 5.26. The minimum Gasteiger partial charge on any atom is -0.294 e. The van der Waals surface area contributed by atoms with Crippen molar-refractivity contribution in [1.29, 1.82) is 0 Å². The summed E-state index contributed by atoms with van der Waals surface area (Å²) in [6, 6.07) is 6.37. The van der Waals surface area contributed by atoms with E-state index in [1.165, 1.54) is 56.1 Å². The number of hydrogen-bond donors (Lipinski definition) is 0. The van der Waals surface area contributed by atoms with E-state index in [0.29, 0.717) is 5.78 Å². The van der Waals surface area contributed by atoms with Crippen molar-refractivity contribution >= 4 is 5.78 Å². The van der Waals surface area contributed by atoms with E-state index in [-0.39, 0.29) is 0 Å². The van der Waals surface area contributed by atoms with Gasteiger partial charge in [0.25, 0.3) is 0 Å². The van der Waals surface area contributed by atoms with Crippen LogP contribution in [0.25, 0.3) is 0 Å². The predicted molar refractivity (Wildman–Crippen MR) is 74.0 cm³/mol. The van der Waals surface area contributed by atoms with E-state index in [0.717, 1.165) is 24.3 Å². The van der Waals surface area contributed by atoms with E-state index in [1.807, 2.05) is 6.07 Å². The van der Waals surface area contributed by atoms with Crippen LogP contribution in [0, 0.1) is 5.92 Å². The van der Waals surface area contributed by atoms with Gasteiger partial charge in [0.05, 0.1) is 0 Å². The van der Waals surface area contributed by atoms with Crippen molar-refractivity contribution in [2.24, 2.45) is 5.92 Å². The summed E-state index contributed by atoms with van der Waals surface area (Å²) in [4.78, 5) is 12.2. The maximum atomic E-state index is 12.2. The summed E-state index contributed by atoms with van der Waals surface area (Å²) in [7, 11) is 0. The van der Waals surface area contributed by atoms with Crippen LogP contribution in [0.3, 0.4) is 0 Å². The predicted octanol–water partition coefficient (Wildman–Crippen LogP) is 4.33. The molecule has 0 bridgehead atoms. The summed E-state index contributed by atoms with van der Waals surface area (Å²) in [5, 5.41) is 0. The fourth-order valence-corrected chi connectivity index (χ4v) is 3.52. The topological polar surface area (TPSA) is 17.1 Å². The first-order valence-electron chi connectivity index (χ1n) is 7.48. The van der Waals surface area contributed by atoms with Crippen LogP contribution < -0.4 is 0 Å². The Balaban J connectivity index is 1.61. The summed E-state index contributed by atoms with van der Waals surface area (Å²) < 4.78 is 0. The van der Waals surface area contributed by atoms with E-state index in [4.69, 9.17) is 0 Å². The summed E-state index contributed by atoms with van der Waals surface area (Å²) in [5.41, 5.74) is 3.83. The second-order valence-corrected chi connectivity index (χ2v) is 5.95. The normalized spacial score (nSPS) is 19.1. The fraction of sp³-hybridized carbons (Fsp3) is 0.588. The molecule has 0 aliphatic heterocycles. The van der Waals surface area contributed by atoms with E-state index in [2.05, 4.69) is 12.1 Å². The van der Waals surface area contributed by atoms with Gasteiger partial charge in [-0.2, -0.15) is 0 Å². The third-order valence-corrected chi connectivity index (χ3v) is 4.67. The van der Waals surface area contributed by atoms with Crippen LogP contribution in [-0.4, -0.2) is 5.78 Å². The number of aryl methyl sites for hydroxylation is 2. The zero-order valence-electron chi connectivity index (χ0n) is 11.1. The monoisotopic (exact) mass is 242 g/mol. The van der Waals surface area contributed by atoms with E-state index < -0.39 is 0 Å². The molecular formula is C17H22O. The Morgan fingerprint density at radius 3 is 2.67 bits per heavy atom. The van der Waals surface area contributed by atoms with Crippen molar-refractivity contribution in [2.75, 3.05) is 0 Å². The van der Waals surface area contributed by atoms with Crippen LogP contribution in [0.1, 0.15) is 66.4 Å². The highest BCUT2D eigenvalue weighted by Crippen LogP contribution is 2.29. The highest BCUT2D eigenvalue weighted by atomic mass is 16.1. The van der Waals surface area contributed by atoms with Crippen molar-refractivity contribution in [1.82, 2.24) is 0 Å². The number of fused-ring (bicyclic) bond motifs is 1. The molecule has 0 spiro atoms. The highest BCUT2D eigenvalue weighted by molar-refractivity contribution is 5.96. The molecule has 1 fully saturated rings. The number of benzene rings is 1. The summed E-state index contributed by atoms with van der Waals surface area (Å²) in [6.45, 7) is 0. The molecule has 0 saturated heterocycles. The largest absolute Gasteiger partial charge is 0.294 e. The van der Waals surface area contributed by atoms with Crippen molar-refractivity contribution in [2.45, 2.75) is 57.8 Å². The molecule has 96 valence electrons. The van der Waals surface area contributed by atoms with Crippen LogP contribution in [0.5, 0.6) is 0 Å². The van der Waals surface area contributed by atoms with Gasteiger partial charge >= 0.3 is 0 Å². The Morgan fingerprint density at radius 2 is 1.83 bits per heavy atom. The van der Waals surface area contributed by atoms with Gasteiger partial charge in [0, 0.05) is 12.0 Å². The Morgan fingerprint density at radius 1 is 1.06 bits per heavy atom. The third-order valence-electron chi connectivity index (χ3n) is 4.67. The molecule has 1 nitrogen and oxygen atoms in total. The standard InChI is InChI=1S/C17H22O/c18-17(11-8-13-4-1-2-5-13)16-10-9-14-6-3-7-15(14)12-16/h9-10,12-13H,1-8,11H2. The minimum atomic E-state index is 0.358. The van der Waals surface area contributed by atoms with Crippen molar-refractivity contribution < 1.29 is 4.79 Å². The number of carbonyl (C=O) groups excluding carboxylic acids is 1. The van der Waals surface area contributed by atoms with Gasteiger partial charge in [-0.1, -0.05) is 37.8 Å².